The fourth-order valence-electron chi connectivity index (χ4n) is 3.34. The van der Waals surface area contributed by atoms with Crippen LogP contribution in [-0.4, -0.2) is 19.7 Å². The van der Waals surface area contributed by atoms with Crippen LogP contribution in [0.1, 0.15) is 95.5 Å². The Labute approximate surface area is 178 Å². The van der Waals surface area contributed by atoms with E-state index in [1.165, 1.54) is 76.9 Å². The predicted molar refractivity (Wildman–Crippen MR) is 122 cm³/mol. The quantitative estimate of drug-likeness (QED) is 0.137. The number of ether oxygens (including phenoxy) is 2. The first-order valence-corrected chi connectivity index (χ1v) is 11.7. The Morgan fingerprint density at radius 1 is 0.759 bits per heavy atom. The van der Waals surface area contributed by atoms with Crippen LogP contribution in [0.3, 0.4) is 0 Å². The molecule has 0 aromatic heterocycles. The Kier molecular flexibility index (Phi) is 17.3. The minimum atomic E-state index is -0.0955. The summed E-state index contributed by atoms with van der Waals surface area (Å²) >= 11 is 0. The maximum absolute atomic E-state index is 11.0. The summed E-state index contributed by atoms with van der Waals surface area (Å²) in [6.07, 6.45) is 21.3. The zero-order valence-corrected chi connectivity index (χ0v) is 18.6. The first-order valence-electron chi connectivity index (χ1n) is 11.7. The number of esters is 1. The van der Waals surface area contributed by atoms with Crippen LogP contribution in [-0.2, 0) is 20.9 Å². The van der Waals surface area contributed by atoms with Crippen molar-refractivity contribution in [2.24, 2.45) is 0 Å². The van der Waals surface area contributed by atoms with Gasteiger partial charge in [0, 0.05) is 13.0 Å². The van der Waals surface area contributed by atoms with Crippen molar-refractivity contribution in [3.05, 3.63) is 48.0 Å². The zero-order chi connectivity index (χ0) is 20.8. The van der Waals surface area contributed by atoms with Gasteiger partial charge in [-0.25, -0.2) is 0 Å². The van der Waals surface area contributed by atoms with Crippen LogP contribution in [0, 0.1) is 0 Å². The van der Waals surface area contributed by atoms with E-state index in [0.717, 1.165) is 32.5 Å². The van der Waals surface area contributed by atoms with Crippen molar-refractivity contribution >= 4 is 5.97 Å². The lowest BCUT2D eigenvalue weighted by molar-refractivity contribution is -0.140. The summed E-state index contributed by atoms with van der Waals surface area (Å²) in [5.41, 5.74) is 1.26. The molecule has 1 rings (SSSR count). The van der Waals surface area contributed by atoms with Crippen molar-refractivity contribution in [1.29, 1.82) is 0 Å². The highest BCUT2D eigenvalue weighted by Crippen LogP contribution is 2.11. The second-order valence-electron chi connectivity index (χ2n) is 7.80. The van der Waals surface area contributed by atoms with Gasteiger partial charge in [-0.2, -0.15) is 0 Å². The summed E-state index contributed by atoms with van der Waals surface area (Å²) in [5.74, 6) is -0.0955. The zero-order valence-electron chi connectivity index (χ0n) is 18.6. The monoisotopic (exact) mass is 402 g/mol. The lowest BCUT2D eigenvalue weighted by Crippen LogP contribution is -1.98. The molecule has 0 saturated carbocycles. The molecule has 0 fully saturated rings. The number of hydrogen-bond acceptors (Lipinski definition) is 3. The summed E-state index contributed by atoms with van der Waals surface area (Å²) < 4.78 is 10.4. The molecule has 0 aliphatic heterocycles. The van der Waals surface area contributed by atoms with Crippen LogP contribution in [0.25, 0.3) is 0 Å². The smallest absolute Gasteiger partial charge is 0.305 e. The van der Waals surface area contributed by atoms with Gasteiger partial charge in [0.05, 0.1) is 13.7 Å². The van der Waals surface area contributed by atoms with Gasteiger partial charge < -0.3 is 9.47 Å². The van der Waals surface area contributed by atoms with Gasteiger partial charge in [0.2, 0.25) is 0 Å². The van der Waals surface area contributed by atoms with E-state index in [2.05, 4.69) is 41.2 Å². The molecule has 29 heavy (non-hydrogen) atoms. The molecule has 0 unspecified atom stereocenters. The van der Waals surface area contributed by atoms with Crippen LogP contribution >= 0.6 is 0 Å². The number of methoxy groups -OCH3 is 1. The SMILES string of the molecule is COC(=O)CCCCC=CCCCCCCCCCCCOCc1ccccc1. The van der Waals surface area contributed by atoms with Crippen LogP contribution in [0.4, 0.5) is 0 Å². The molecule has 1 aromatic carbocycles. The van der Waals surface area contributed by atoms with Gasteiger partial charge in [0.25, 0.3) is 0 Å². The van der Waals surface area contributed by atoms with Gasteiger partial charge in [-0.15, -0.1) is 0 Å². The normalized spacial score (nSPS) is 11.2. The molecule has 0 amide bonds. The average molecular weight is 403 g/mol. The Morgan fingerprint density at radius 2 is 1.31 bits per heavy atom. The maximum atomic E-state index is 11.0. The Morgan fingerprint density at radius 3 is 1.93 bits per heavy atom. The summed E-state index contributed by atoms with van der Waals surface area (Å²) in [6.45, 7) is 1.62. The van der Waals surface area contributed by atoms with E-state index in [1.807, 2.05) is 6.07 Å². The summed E-state index contributed by atoms with van der Waals surface area (Å²) in [4.78, 5) is 11.0. The molecule has 0 bridgehead atoms. The van der Waals surface area contributed by atoms with Crippen LogP contribution in [0.2, 0.25) is 0 Å². The second kappa shape index (κ2) is 19.7. The third kappa shape index (κ3) is 17.0. The van der Waals surface area contributed by atoms with Crippen LogP contribution < -0.4 is 0 Å². The molecule has 0 N–H and O–H groups in total. The third-order valence-corrected chi connectivity index (χ3v) is 5.17. The number of rotatable bonds is 19. The molecule has 0 spiro atoms. The Balaban J connectivity index is 1.72. The molecule has 0 aliphatic carbocycles. The summed E-state index contributed by atoms with van der Waals surface area (Å²) in [7, 11) is 1.45. The van der Waals surface area contributed by atoms with Crippen LogP contribution in [0.5, 0.6) is 0 Å². The molecule has 0 aliphatic rings. The largest absolute Gasteiger partial charge is 0.469 e. The number of carbonyl (C=O) groups excluding carboxylic acids is 1. The van der Waals surface area contributed by atoms with Gasteiger partial charge >= 0.3 is 5.97 Å². The van der Waals surface area contributed by atoms with Crippen molar-refractivity contribution < 1.29 is 14.3 Å². The number of allylic oxidation sites excluding steroid dienone is 2. The van der Waals surface area contributed by atoms with E-state index in [-0.39, 0.29) is 5.97 Å². The first kappa shape index (κ1) is 25.4. The molecule has 0 radical (unpaired) electrons. The van der Waals surface area contributed by atoms with Crippen LogP contribution in [0.15, 0.2) is 42.5 Å². The van der Waals surface area contributed by atoms with E-state index >= 15 is 0 Å². The van der Waals surface area contributed by atoms with Crippen molar-refractivity contribution in [3.8, 4) is 0 Å². The standard InChI is InChI=1S/C26H42O3/c1-28-26(27)22-18-13-11-9-7-5-3-2-4-6-8-10-12-14-19-23-29-24-25-20-16-15-17-21-25/h7,9,15-17,20-21H,2-6,8,10-14,18-19,22-24H2,1H3. The Bertz CT molecular complexity index is 510. The number of benzene rings is 1. The third-order valence-electron chi connectivity index (χ3n) is 5.17. The first-order chi connectivity index (χ1) is 14.3. The number of hydrogen-bond donors (Lipinski definition) is 0. The minimum Gasteiger partial charge on any atom is -0.469 e. The summed E-state index contributed by atoms with van der Waals surface area (Å²) in [5, 5.41) is 0. The molecule has 0 saturated heterocycles. The lowest BCUT2D eigenvalue weighted by atomic mass is 10.1. The number of carbonyl (C=O) groups is 1. The van der Waals surface area contributed by atoms with E-state index in [9.17, 15) is 4.79 Å². The molecule has 3 nitrogen and oxygen atoms in total. The highest BCUT2D eigenvalue weighted by atomic mass is 16.5. The molecule has 0 heterocycles. The van der Waals surface area contributed by atoms with Gasteiger partial charge in [-0.1, -0.05) is 87.4 Å². The predicted octanol–water partition coefficient (Wildman–Crippen LogP) is 7.39. The molecule has 0 atom stereocenters. The van der Waals surface area contributed by atoms with Gasteiger partial charge in [-0.05, 0) is 44.1 Å². The molecular formula is C26H42O3. The maximum Gasteiger partial charge on any atom is 0.305 e. The van der Waals surface area contributed by atoms with Gasteiger partial charge in [0.15, 0.2) is 0 Å². The fraction of sp³-hybridized carbons (Fsp3) is 0.654. The van der Waals surface area contributed by atoms with E-state index in [0.29, 0.717) is 6.42 Å². The highest BCUT2D eigenvalue weighted by Gasteiger charge is 1.98. The Hall–Kier alpha value is -1.61. The fourth-order valence-corrected chi connectivity index (χ4v) is 3.34. The number of unbranched alkanes of at least 4 members (excludes halogenated alkanes) is 11. The summed E-state index contributed by atoms with van der Waals surface area (Å²) in [6, 6.07) is 10.4. The van der Waals surface area contributed by atoms with Gasteiger partial charge in [-0.3, -0.25) is 4.79 Å². The molecule has 164 valence electrons. The van der Waals surface area contributed by atoms with Crippen molar-refractivity contribution in [3.63, 3.8) is 0 Å². The van der Waals surface area contributed by atoms with Crippen molar-refractivity contribution in [2.45, 2.75) is 96.5 Å². The van der Waals surface area contributed by atoms with E-state index < -0.39 is 0 Å². The minimum absolute atomic E-state index is 0.0955. The molecular weight excluding hydrogens is 360 g/mol. The lowest BCUT2D eigenvalue weighted by Gasteiger charge is -2.05. The molecule has 1 aromatic rings. The van der Waals surface area contributed by atoms with E-state index in [4.69, 9.17) is 4.74 Å². The van der Waals surface area contributed by atoms with E-state index in [1.54, 1.807) is 0 Å². The topological polar surface area (TPSA) is 35.5 Å². The van der Waals surface area contributed by atoms with Crippen molar-refractivity contribution in [1.82, 2.24) is 0 Å². The second-order valence-corrected chi connectivity index (χ2v) is 7.80. The van der Waals surface area contributed by atoms with Crippen molar-refractivity contribution in [2.75, 3.05) is 13.7 Å². The van der Waals surface area contributed by atoms with Gasteiger partial charge in [0.1, 0.15) is 0 Å². The highest BCUT2D eigenvalue weighted by molar-refractivity contribution is 5.68. The molecule has 3 heteroatoms. The average Bonchev–Trinajstić information content (AvgIpc) is 2.75.